The average Bonchev–Trinajstić information content (AvgIpc) is 2.56. The lowest BCUT2D eigenvalue weighted by molar-refractivity contribution is -0.0243. The van der Waals surface area contributed by atoms with Gasteiger partial charge in [-0.15, -0.1) is 0 Å². The zero-order valence-electron chi connectivity index (χ0n) is 13.0. The zero-order valence-corrected chi connectivity index (χ0v) is 13.0. The van der Waals surface area contributed by atoms with E-state index in [9.17, 15) is 0 Å². The van der Waals surface area contributed by atoms with Crippen molar-refractivity contribution in [3.63, 3.8) is 0 Å². The fourth-order valence-corrected chi connectivity index (χ4v) is 3.63. The van der Waals surface area contributed by atoms with Crippen LogP contribution in [-0.2, 0) is 15.9 Å². The van der Waals surface area contributed by atoms with Crippen LogP contribution in [0.5, 0.6) is 0 Å². The molecule has 0 radical (unpaired) electrons. The molecule has 2 heterocycles. The van der Waals surface area contributed by atoms with Crippen LogP contribution in [0.15, 0.2) is 24.3 Å². The summed E-state index contributed by atoms with van der Waals surface area (Å²) in [6, 6.07) is 9.20. The van der Waals surface area contributed by atoms with E-state index in [-0.39, 0.29) is 6.10 Å². The molecule has 1 aromatic rings. The molecular weight excluding hydrogens is 262 g/mol. The lowest BCUT2D eigenvalue weighted by Gasteiger charge is -2.39. The van der Waals surface area contributed by atoms with Gasteiger partial charge in [0.2, 0.25) is 0 Å². The monoisotopic (exact) mass is 289 g/mol. The molecule has 2 unspecified atom stereocenters. The summed E-state index contributed by atoms with van der Waals surface area (Å²) < 4.78 is 11.8. The first kappa shape index (κ1) is 15.0. The Morgan fingerprint density at radius 2 is 2.00 bits per heavy atom. The van der Waals surface area contributed by atoms with E-state index in [0.717, 1.165) is 52.0 Å². The Labute approximate surface area is 128 Å². The van der Waals surface area contributed by atoms with Crippen LogP contribution in [0.25, 0.3) is 0 Å². The fraction of sp³-hybridized carbons (Fsp3) is 0.667. The summed E-state index contributed by atoms with van der Waals surface area (Å²) in [4.78, 5) is 0. The van der Waals surface area contributed by atoms with E-state index in [1.807, 2.05) is 0 Å². The van der Waals surface area contributed by atoms with Crippen LogP contribution in [0.1, 0.15) is 43.4 Å². The van der Waals surface area contributed by atoms with Gasteiger partial charge in [0.25, 0.3) is 0 Å². The molecule has 21 heavy (non-hydrogen) atoms. The first-order valence-electron chi connectivity index (χ1n) is 8.40. The number of hydrogen-bond donors (Lipinski definition) is 1. The van der Waals surface area contributed by atoms with E-state index < -0.39 is 0 Å². The van der Waals surface area contributed by atoms with Crippen molar-refractivity contribution in [1.29, 1.82) is 0 Å². The largest absolute Gasteiger partial charge is 0.381 e. The molecule has 0 aliphatic carbocycles. The summed E-state index contributed by atoms with van der Waals surface area (Å²) in [6.45, 7) is 5.91. The Kier molecular flexibility index (Phi) is 5.28. The van der Waals surface area contributed by atoms with Gasteiger partial charge >= 0.3 is 0 Å². The molecule has 3 nitrogen and oxygen atoms in total. The number of hydrogen-bond acceptors (Lipinski definition) is 3. The Morgan fingerprint density at radius 1 is 1.19 bits per heavy atom. The van der Waals surface area contributed by atoms with Gasteiger partial charge in [-0.2, -0.15) is 0 Å². The predicted octanol–water partition coefficient (Wildman–Crippen LogP) is 3.10. The summed E-state index contributed by atoms with van der Waals surface area (Å²) >= 11 is 0. The zero-order chi connectivity index (χ0) is 14.5. The van der Waals surface area contributed by atoms with Crippen LogP contribution in [0.3, 0.4) is 0 Å². The van der Waals surface area contributed by atoms with Crippen molar-refractivity contribution in [2.75, 3.05) is 26.4 Å². The second-order valence-electron chi connectivity index (χ2n) is 6.17. The van der Waals surface area contributed by atoms with Gasteiger partial charge in [-0.3, -0.25) is 0 Å². The van der Waals surface area contributed by atoms with Crippen molar-refractivity contribution in [3.05, 3.63) is 35.4 Å². The van der Waals surface area contributed by atoms with Crippen LogP contribution < -0.4 is 5.32 Å². The van der Waals surface area contributed by atoms with E-state index in [2.05, 4.69) is 36.5 Å². The fourth-order valence-electron chi connectivity index (χ4n) is 3.63. The highest BCUT2D eigenvalue weighted by Crippen LogP contribution is 2.35. The van der Waals surface area contributed by atoms with Crippen molar-refractivity contribution in [2.45, 2.75) is 44.8 Å². The lowest BCUT2D eigenvalue weighted by Crippen LogP contribution is -2.45. The highest BCUT2D eigenvalue weighted by molar-refractivity contribution is 5.32. The summed E-state index contributed by atoms with van der Waals surface area (Å²) in [5.74, 6) is 0.654. The molecule has 1 N–H and O–H groups in total. The minimum absolute atomic E-state index is 0.199. The molecular formula is C18H27NO2. The van der Waals surface area contributed by atoms with Crippen LogP contribution in [0.4, 0.5) is 0 Å². The Morgan fingerprint density at radius 3 is 2.81 bits per heavy atom. The van der Waals surface area contributed by atoms with Crippen molar-refractivity contribution < 1.29 is 9.47 Å². The van der Waals surface area contributed by atoms with Gasteiger partial charge in [0, 0.05) is 19.3 Å². The first-order chi connectivity index (χ1) is 10.4. The summed E-state index contributed by atoms with van der Waals surface area (Å²) in [5.41, 5.74) is 2.85. The molecule has 2 atom stereocenters. The Bertz CT molecular complexity index is 443. The number of ether oxygens (including phenoxy) is 2. The van der Waals surface area contributed by atoms with Gasteiger partial charge in [-0.25, -0.2) is 0 Å². The number of nitrogens with one attached hydrogen (secondary N) is 1. The number of fused-ring (bicyclic) bond motifs is 1. The minimum atomic E-state index is 0.199. The summed E-state index contributed by atoms with van der Waals surface area (Å²) in [5, 5.41) is 3.77. The van der Waals surface area contributed by atoms with Crippen LogP contribution in [-0.4, -0.2) is 32.4 Å². The van der Waals surface area contributed by atoms with Gasteiger partial charge in [-0.05, 0) is 49.3 Å². The molecule has 3 rings (SSSR count). The van der Waals surface area contributed by atoms with E-state index in [1.54, 1.807) is 0 Å². The van der Waals surface area contributed by atoms with Gasteiger partial charge in [-0.1, -0.05) is 31.2 Å². The number of rotatable bonds is 5. The molecule has 1 aromatic carbocycles. The van der Waals surface area contributed by atoms with Gasteiger partial charge < -0.3 is 14.8 Å². The second-order valence-corrected chi connectivity index (χ2v) is 6.17. The standard InChI is InChI=1S/C18H27NO2/c1-2-10-19-17(15-7-11-20-12-8-15)18-16-6-4-3-5-14(16)9-13-21-18/h3-6,15,17-19H,2,7-13H2,1H3. The molecule has 2 aliphatic heterocycles. The molecule has 0 saturated carbocycles. The molecule has 0 bridgehead atoms. The first-order valence-corrected chi connectivity index (χ1v) is 8.40. The Hall–Kier alpha value is -0.900. The predicted molar refractivity (Wildman–Crippen MR) is 84.5 cm³/mol. The SMILES string of the molecule is CCCNC(C1CCOCC1)C1OCCc2ccccc21. The van der Waals surface area contributed by atoms with E-state index >= 15 is 0 Å². The molecule has 0 aromatic heterocycles. The number of benzene rings is 1. The Balaban J connectivity index is 1.82. The third-order valence-electron chi connectivity index (χ3n) is 4.76. The molecule has 3 heteroatoms. The highest BCUT2D eigenvalue weighted by atomic mass is 16.5. The van der Waals surface area contributed by atoms with E-state index in [4.69, 9.17) is 9.47 Å². The molecule has 116 valence electrons. The van der Waals surface area contributed by atoms with Crippen molar-refractivity contribution >= 4 is 0 Å². The van der Waals surface area contributed by atoms with Crippen LogP contribution >= 0.6 is 0 Å². The average molecular weight is 289 g/mol. The van der Waals surface area contributed by atoms with Crippen molar-refractivity contribution in [1.82, 2.24) is 5.32 Å². The maximum Gasteiger partial charge on any atom is 0.0983 e. The molecule has 0 amide bonds. The summed E-state index contributed by atoms with van der Waals surface area (Å²) in [7, 11) is 0. The smallest absolute Gasteiger partial charge is 0.0983 e. The normalized spacial score (nSPS) is 24.5. The quantitative estimate of drug-likeness (QED) is 0.903. The molecule has 1 fully saturated rings. The topological polar surface area (TPSA) is 30.5 Å². The minimum Gasteiger partial charge on any atom is -0.381 e. The molecule has 0 spiro atoms. The van der Waals surface area contributed by atoms with Gasteiger partial charge in [0.1, 0.15) is 0 Å². The third kappa shape index (κ3) is 3.47. The van der Waals surface area contributed by atoms with E-state index in [0.29, 0.717) is 12.0 Å². The maximum atomic E-state index is 6.21. The van der Waals surface area contributed by atoms with E-state index in [1.165, 1.54) is 11.1 Å². The second kappa shape index (κ2) is 7.39. The summed E-state index contributed by atoms with van der Waals surface area (Å²) in [6.07, 6.45) is 4.69. The molecule has 1 saturated heterocycles. The van der Waals surface area contributed by atoms with Crippen LogP contribution in [0, 0.1) is 5.92 Å². The maximum absolute atomic E-state index is 6.21. The van der Waals surface area contributed by atoms with Crippen molar-refractivity contribution in [2.24, 2.45) is 5.92 Å². The highest BCUT2D eigenvalue weighted by Gasteiger charge is 2.34. The van der Waals surface area contributed by atoms with Crippen molar-refractivity contribution in [3.8, 4) is 0 Å². The third-order valence-corrected chi connectivity index (χ3v) is 4.76. The lowest BCUT2D eigenvalue weighted by atomic mass is 9.83. The van der Waals surface area contributed by atoms with Gasteiger partial charge in [0.15, 0.2) is 0 Å². The molecule has 2 aliphatic rings. The van der Waals surface area contributed by atoms with Gasteiger partial charge in [0.05, 0.1) is 12.7 Å². The van der Waals surface area contributed by atoms with Crippen LogP contribution in [0.2, 0.25) is 0 Å².